The standard InChI is InChI=1S/C19H30OSi/c1-6-7-8-12-15-19(3,16-20)17(2)21(4,5)18-13-10-9-11-14-18/h9-11,13-14,16H,2,6-8,12,15H2,1,3-5H3. The summed E-state index contributed by atoms with van der Waals surface area (Å²) in [4.78, 5) is 11.8. The van der Waals surface area contributed by atoms with E-state index in [9.17, 15) is 4.79 Å². The minimum absolute atomic E-state index is 0.376. The molecule has 0 saturated carbocycles. The highest BCUT2D eigenvalue weighted by molar-refractivity contribution is 6.96. The molecule has 0 N–H and O–H groups in total. The lowest BCUT2D eigenvalue weighted by Gasteiger charge is -2.36. The smallest absolute Gasteiger partial charge is 0.129 e. The first-order valence-electron chi connectivity index (χ1n) is 8.10. The maximum absolute atomic E-state index is 11.8. The van der Waals surface area contributed by atoms with E-state index in [2.05, 4.69) is 57.8 Å². The molecule has 0 aromatic heterocycles. The van der Waals surface area contributed by atoms with Crippen LogP contribution in [0, 0.1) is 5.41 Å². The van der Waals surface area contributed by atoms with E-state index < -0.39 is 8.07 Å². The average Bonchev–Trinajstić information content (AvgIpc) is 2.51. The van der Waals surface area contributed by atoms with E-state index in [4.69, 9.17) is 0 Å². The van der Waals surface area contributed by atoms with Gasteiger partial charge in [0, 0.05) is 5.41 Å². The molecule has 0 heterocycles. The fraction of sp³-hybridized carbons (Fsp3) is 0.526. The summed E-state index contributed by atoms with van der Waals surface area (Å²) in [6.45, 7) is 13.3. The van der Waals surface area contributed by atoms with Gasteiger partial charge in [0.2, 0.25) is 0 Å². The van der Waals surface area contributed by atoms with Gasteiger partial charge in [-0.05, 0) is 13.3 Å². The summed E-state index contributed by atoms with van der Waals surface area (Å²) in [5.41, 5.74) is -0.376. The second-order valence-corrected chi connectivity index (χ2v) is 11.2. The second kappa shape index (κ2) is 7.74. The van der Waals surface area contributed by atoms with E-state index in [1.54, 1.807) is 0 Å². The van der Waals surface area contributed by atoms with Gasteiger partial charge in [0.25, 0.3) is 0 Å². The van der Waals surface area contributed by atoms with Crippen LogP contribution < -0.4 is 5.19 Å². The molecule has 0 aliphatic carbocycles. The van der Waals surface area contributed by atoms with Crippen molar-refractivity contribution in [3.05, 3.63) is 42.1 Å². The molecule has 116 valence electrons. The lowest BCUT2D eigenvalue weighted by Crippen LogP contribution is -2.48. The molecule has 1 rings (SSSR count). The van der Waals surface area contributed by atoms with Gasteiger partial charge in [0.05, 0.1) is 0 Å². The molecule has 0 bridgehead atoms. The normalized spacial score (nSPS) is 14.5. The Kier molecular flexibility index (Phi) is 6.60. The van der Waals surface area contributed by atoms with Gasteiger partial charge in [-0.2, -0.15) is 0 Å². The number of carbonyl (C=O) groups excluding carboxylic acids is 1. The quantitative estimate of drug-likeness (QED) is 0.361. The van der Waals surface area contributed by atoms with Crippen LogP contribution in [-0.2, 0) is 4.79 Å². The molecular formula is C19H30OSi. The summed E-state index contributed by atoms with van der Waals surface area (Å²) in [6.07, 6.45) is 6.86. The SMILES string of the molecule is C=C(C(C)(C=O)CCCCCC)[Si](C)(C)c1ccccc1. The Balaban J connectivity index is 2.88. The predicted molar refractivity (Wildman–Crippen MR) is 95.6 cm³/mol. The number of allylic oxidation sites excluding steroid dienone is 1. The Bertz CT molecular complexity index is 464. The Morgan fingerprint density at radius 3 is 2.33 bits per heavy atom. The highest BCUT2D eigenvalue weighted by Gasteiger charge is 2.38. The third-order valence-electron chi connectivity index (χ3n) is 4.75. The molecule has 0 spiro atoms. The van der Waals surface area contributed by atoms with E-state index in [0.717, 1.165) is 24.3 Å². The highest BCUT2D eigenvalue weighted by atomic mass is 28.3. The van der Waals surface area contributed by atoms with Crippen LogP contribution in [-0.4, -0.2) is 14.4 Å². The van der Waals surface area contributed by atoms with Gasteiger partial charge in [-0.25, -0.2) is 0 Å². The maximum Gasteiger partial charge on any atom is 0.129 e. The molecule has 0 radical (unpaired) electrons. The van der Waals surface area contributed by atoms with Crippen LogP contribution in [0.2, 0.25) is 13.1 Å². The van der Waals surface area contributed by atoms with Crippen molar-refractivity contribution in [3.8, 4) is 0 Å². The van der Waals surface area contributed by atoms with Crippen molar-refractivity contribution in [1.82, 2.24) is 0 Å². The number of hydrogen-bond donors (Lipinski definition) is 0. The van der Waals surface area contributed by atoms with Crippen LogP contribution in [0.4, 0.5) is 0 Å². The summed E-state index contributed by atoms with van der Waals surface area (Å²) in [5, 5.41) is 2.52. The van der Waals surface area contributed by atoms with Crippen molar-refractivity contribution in [1.29, 1.82) is 0 Å². The molecule has 0 amide bonds. The Labute approximate surface area is 131 Å². The van der Waals surface area contributed by atoms with Gasteiger partial charge in [-0.1, -0.05) is 86.4 Å². The van der Waals surface area contributed by atoms with E-state index >= 15 is 0 Å². The zero-order valence-electron chi connectivity index (χ0n) is 14.1. The molecule has 0 aliphatic heterocycles. The number of benzene rings is 1. The molecule has 1 aromatic carbocycles. The van der Waals surface area contributed by atoms with Crippen molar-refractivity contribution in [3.63, 3.8) is 0 Å². The van der Waals surface area contributed by atoms with Crippen molar-refractivity contribution >= 4 is 19.5 Å². The predicted octanol–water partition coefficient (Wildman–Crippen LogP) is 4.87. The molecule has 2 heteroatoms. The largest absolute Gasteiger partial charge is 0.302 e. The molecule has 1 nitrogen and oxygen atoms in total. The number of rotatable bonds is 9. The Morgan fingerprint density at radius 2 is 1.81 bits per heavy atom. The fourth-order valence-corrected chi connectivity index (χ4v) is 5.93. The first-order chi connectivity index (χ1) is 9.88. The molecule has 21 heavy (non-hydrogen) atoms. The van der Waals surface area contributed by atoms with Crippen molar-refractivity contribution in [2.45, 2.75) is 59.0 Å². The molecule has 1 atom stereocenters. The van der Waals surface area contributed by atoms with Crippen molar-refractivity contribution in [2.24, 2.45) is 5.41 Å². The number of unbranched alkanes of at least 4 members (excludes halogenated alkanes) is 3. The Morgan fingerprint density at radius 1 is 1.19 bits per heavy atom. The molecule has 1 unspecified atom stereocenters. The first-order valence-corrected chi connectivity index (χ1v) is 11.1. The fourth-order valence-electron chi connectivity index (χ4n) is 2.94. The maximum atomic E-state index is 11.8. The van der Waals surface area contributed by atoms with Crippen LogP contribution in [0.1, 0.15) is 46.0 Å². The number of aldehydes is 1. The van der Waals surface area contributed by atoms with Gasteiger partial charge in [0.1, 0.15) is 14.4 Å². The zero-order chi connectivity index (χ0) is 15.9. The minimum Gasteiger partial charge on any atom is -0.302 e. The lowest BCUT2D eigenvalue weighted by atomic mass is 9.86. The minimum atomic E-state index is -1.83. The Hall–Kier alpha value is -1.15. The van der Waals surface area contributed by atoms with Crippen molar-refractivity contribution < 1.29 is 4.79 Å². The van der Waals surface area contributed by atoms with Crippen LogP contribution in [0.3, 0.4) is 0 Å². The van der Waals surface area contributed by atoms with E-state index in [-0.39, 0.29) is 5.41 Å². The summed E-state index contributed by atoms with van der Waals surface area (Å²) in [5.74, 6) is 0. The van der Waals surface area contributed by atoms with Gasteiger partial charge in [0.15, 0.2) is 0 Å². The first kappa shape index (κ1) is 17.9. The summed E-state index contributed by atoms with van der Waals surface area (Å²) < 4.78 is 0. The van der Waals surface area contributed by atoms with E-state index in [1.807, 2.05) is 6.07 Å². The molecule has 0 aliphatic rings. The summed E-state index contributed by atoms with van der Waals surface area (Å²) in [6, 6.07) is 10.6. The van der Waals surface area contributed by atoms with Gasteiger partial charge < -0.3 is 4.79 Å². The van der Waals surface area contributed by atoms with Crippen LogP contribution in [0.25, 0.3) is 0 Å². The topological polar surface area (TPSA) is 17.1 Å². The monoisotopic (exact) mass is 302 g/mol. The van der Waals surface area contributed by atoms with Crippen LogP contribution in [0.5, 0.6) is 0 Å². The van der Waals surface area contributed by atoms with E-state index in [0.29, 0.717) is 0 Å². The summed E-state index contributed by atoms with van der Waals surface area (Å²) >= 11 is 0. The van der Waals surface area contributed by atoms with Gasteiger partial charge >= 0.3 is 0 Å². The molecular weight excluding hydrogens is 272 g/mol. The van der Waals surface area contributed by atoms with Crippen LogP contribution in [0.15, 0.2) is 42.1 Å². The van der Waals surface area contributed by atoms with E-state index in [1.165, 1.54) is 24.4 Å². The number of carbonyl (C=O) groups is 1. The molecule has 0 saturated heterocycles. The van der Waals surface area contributed by atoms with Crippen LogP contribution >= 0.6 is 0 Å². The zero-order valence-corrected chi connectivity index (χ0v) is 15.1. The third kappa shape index (κ3) is 4.41. The molecule has 1 aromatic rings. The second-order valence-electron chi connectivity index (χ2n) is 6.82. The summed E-state index contributed by atoms with van der Waals surface area (Å²) in [7, 11) is -1.83. The van der Waals surface area contributed by atoms with Gasteiger partial charge in [-0.3, -0.25) is 0 Å². The van der Waals surface area contributed by atoms with Gasteiger partial charge in [-0.15, -0.1) is 6.58 Å². The molecule has 0 fully saturated rings. The number of hydrogen-bond acceptors (Lipinski definition) is 1. The lowest BCUT2D eigenvalue weighted by molar-refractivity contribution is -0.113. The highest BCUT2D eigenvalue weighted by Crippen LogP contribution is 2.35. The third-order valence-corrected chi connectivity index (χ3v) is 8.61. The van der Waals surface area contributed by atoms with Crippen molar-refractivity contribution in [2.75, 3.05) is 0 Å². The average molecular weight is 303 g/mol.